The minimum absolute atomic E-state index is 0.0195. The Bertz CT molecular complexity index is 774. The van der Waals surface area contributed by atoms with Gasteiger partial charge in [-0.3, -0.25) is 0 Å². The van der Waals surface area contributed by atoms with Gasteiger partial charge < -0.3 is 10.6 Å². The molecule has 0 radical (unpaired) electrons. The molecule has 0 aliphatic carbocycles. The zero-order chi connectivity index (χ0) is 15.0. The zero-order valence-corrected chi connectivity index (χ0v) is 12.8. The van der Waals surface area contributed by atoms with Gasteiger partial charge >= 0.3 is 0 Å². The summed E-state index contributed by atoms with van der Waals surface area (Å²) in [5.74, 6) is 1.24. The molecule has 2 aromatic rings. The van der Waals surface area contributed by atoms with E-state index in [0.29, 0.717) is 13.0 Å². The van der Waals surface area contributed by atoms with E-state index in [-0.39, 0.29) is 17.5 Å². The number of hydrogen-bond acceptors (Lipinski definition) is 5. The molecule has 1 aliphatic heterocycles. The van der Waals surface area contributed by atoms with Gasteiger partial charge in [-0.2, -0.15) is 0 Å². The Morgan fingerprint density at radius 1 is 1.38 bits per heavy atom. The molecule has 0 saturated carbocycles. The van der Waals surface area contributed by atoms with E-state index in [2.05, 4.69) is 4.98 Å². The molecule has 6 heteroatoms. The van der Waals surface area contributed by atoms with Crippen LogP contribution >= 0.6 is 0 Å². The van der Waals surface area contributed by atoms with Crippen LogP contribution in [-0.2, 0) is 16.4 Å². The maximum atomic E-state index is 11.7. The SMILES string of the molecule is CN(c1nc2ccccc2cc1CN)C1CCS(=O)(=O)C1. The number of fused-ring (bicyclic) bond motifs is 1. The van der Waals surface area contributed by atoms with E-state index < -0.39 is 9.84 Å². The van der Waals surface area contributed by atoms with Gasteiger partial charge in [0, 0.05) is 30.6 Å². The molecule has 3 rings (SSSR count). The highest BCUT2D eigenvalue weighted by molar-refractivity contribution is 7.91. The van der Waals surface area contributed by atoms with Crippen molar-refractivity contribution >= 4 is 26.6 Å². The second kappa shape index (κ2) is 5.27. The van der Waals surface area contributed by atoms with Gasteiger partial charge in [0.15, 0.2) is 9.84 Å². The van der Waals surface area contributed by atoms with Crippen LogP contribution in [0.4, 0.5) is 5.82 Å². The lowest BCUT2D eigenvalue weighted by Crippen LogP contribution is -2.34. The van der Waals surface area contributed by atoms with E-state index in [4.69, 9.17) is 5.73 Å². The zero-order valence-electron chi connectivity index (χ0n) is 12.0. The Labute approximate surface area is 124 Å². The van der Waals surface area contributed by atoms with Gasteiger partial charge in [-0.05, 0) is 18.6 Å². The Morgan fingerprint density at radius 2 is 2.14 bits per heavy atom. The molecule has 0 spiro atoms. The number of nitrogens with zero attached hydrogens (tertiary/aromatic N) is 2. The Kier molecular flexibility index (Phi) is 3.59. The number of sulfone groups is 1. The van der Waals surface area contributed by atoms with Crippen molar-refractivity contribution in [1.82, 2.24) is 4.98 Å². The molecule has 0 amide bonds. The second-order valence-electron chi connectivity index (χ2n) is 5.54. The third-order valence-corrected chi connectivity index (χ3v) is 5.84. The van der Waals surface area contributed by atoms with Crippen LogP contribution < -0.4 is 10.6 Å². The maximum absolute atomic E-state index is 11.7. The Morgan fingerprint density at radius 3 is 2.81 bits per heavy atom. The van der Waals surface area contributed by atoms with E-state index in [9.17, 15) is 8.42 Å². The highest BCUT2D eigenvalue weighted by Gasteiger charge is 2.32. The quantitative estimate of drug-likeness (QED) is 0.925. The van der Waals surface area contributed by atoms with E-state index in [1.54, 1.807) is 0 Å². The van der Waals surface area contributed by atoms with Crippen LogP contribution in [0, 0.1) is 0 Å². The van der Waals surface area contributed by atoms with E-state index in [1.807, 2.05) is 42.3 Å². The van der Waals surface area contributed by atoms with Crippen molar-refractivity contribution in [3.05, 3.63) is 35.9 Å². The third kappa shape index (κ3) is 2.73. The van der Waals surface area contributed by atoms with Gasteiger partial charge in [0.2, 0.25) is 0 Å². The van der Waals surface area contributed by atoms with Crippen molar-refractivity contribution in [2.45, 2.75) is 19.0 Å². The van der Waals surface area contributed by atoms with Crippen molar-refractivity contribution in [1.29, 1.82) is 0 Å². The fraction of sp³-hybridized carbons (Fsp3) is 0.400. The number of para-hydroxylation sites is 1. The van der Waals surface area contributed by atoms with Crippen LogP contribution in [0.15, 0.2) is 30.3 Å². The summed E-state index contributed by atoms with van der Waals surface area (Å²) in [6.45, 7) is 0.386. The van der Waals surface area contributed by atoms with Crippen molar-refractivity contribution < 1.29 is 8.42 Å². The number of benzene rings is 1. The van der Waals surface area contributed by atoms with Crippen LogP contribution in [-0.4, -0.2) is 38.0 Å². The Hall–Kier alpha value is -1.66. The largest absolute Gasteiger partial charge is 0.355 e. The summed E-state index contributed by atoms with van der Waals surface area (Å²) >= 11 is 0. The molecule has 1 aromatic heterocycles. The molecule has 21 heavy (non-hydrogen) atoms. The smallest absolute Gasteiger partial charge is 0.152 e. The van der Waals surface area contributed by atoms with Crippen LogP contribution in [0.25, 0.3) is 10.9 Å². The number of anilines is 1. The third-order valence-electron chi connectivity index (χ3n) is 4.09. The molecular weight excluding hydrogens is 286 g/mol. The summed E-state index contributed by atoms with van der Waals surface area (Å²) < 4.78 is 23.3. The number of hydrogen-bond donors (Lipinski definition) is 1. The van der Waals surface area contributed by atoms with E-state index in [1.165, 1.54) is 0 Å². The lowest BCUT2D eigenvalue weighted by atomic mass is 10.1. The van der Waals surface area contributed by atoms with Gasteiger partial charge in [-0.15, -0.1) is 0 Å². The first-order valence-corrected chi connectivity index (χ1v) is 8.84. The summed E-state index contributed by atoms with van der Waals surface area (Å²) in [5.41, 5.74) is 7.69. The first kappa shape index (κ1) is 14.3. The lowest BCUT2D eigenvalue weighted by molar-refractivity contribution is 0.600. The molecule has 2 N–H and O–H groups in total. The van der Waals surface area contributed by atoms with Gasteiger partial charge in [0.05, 0.1) is 17.0 Å². The van der Waals surface area contributed by atoms with Crippen molar-refractivity contribution in [2.24, 2.45) is 5.73 Å². The van der Waals surface area contributed by atoms with Gasteiger partial charge in [0.1, 0.15) is 5.82 Å². The molecular formula is C15H19N3O2S. The first-order chi connectivity index (χ1) is 10.00. The van der Waals surface area contributed by atoms with Crippen LogP contribution in [0.2, 0.25) is 0 Å². The fourth-order valence-corrected chi connectivity index (χ4v) is 4.63. The highest BCUT2D eigenvalue weighted by Crippen LogP contribution is 2.27. The predicted molar refractivity (Wildman–Crippen MR) is 85.1 cm³/mol. The fourth-order valence-electron chi connectivity index (χ4n) is 2.86. The van der Waals surface area contributed by atoms with E-state index in [0.717, 1.165) is 22.3 Å². The minimum atomic E-state index is -2.91. The minimum Gasteiger partial charge on any atom is -0.355 e. The van der Waals surface area contributed by atoms with Crippen molar-refractivity contribution in [2.75, 3.05) is 23.5 Å². The average molecular weight is 305 g/mol. The molecule has 1 unspecified atom stereocenters. The second-order valence-corrected chi connectivity index (χ2v) is 7.76. The average Bonchev–Trinajstić information content (AvgIpc) is 2.85. The van der Waals surface area contributed by atoms with Gasteiger partial charge in [-0.25, -0.2) is 13.4 Å². The maximum Gasteiger partial charge on any atom is 0.152 e. The van der Waals surface area contributed by atoms with Crippen LogP contribution in [0.1, 0.15) is 12.0 Å². The first-order valence-electron chi connectivity index (χ1n) is 7.02. The monoisotopic (exact) mass is 305 g/mol. The Balaban J connectivity index is 2.02. The van der Waals surface area contributed by atoms with Crippen LogP contribution in [0.5, 0.6) is 0 Å². The molecule has 1 saturated heterocycles. The lowest BCUT2D eigenvalue weighted by Gasteiger charge is -2.26. The normalized spacial score (nSPS) is 20.8. The standard InChI is InChI=1S/C15H19N3O2S/c1-18(13-6-7-21(19,20)10-13)15-12(9-16)8-11-4-2-3-5-14(11)17-15/h2-5,8,13H,6-7,9-10,16H2,1H3. The molecule has 2 heterocycles. The van der Waals surface area contributed by atoms with Gasteiger partial charge in [-0.1, -0.05) is 18.2 Å². The summed E-state index contributed by atoms with van der Waals surface area (Å²) in [6.07, 6.45) is 0.650. The summed E-state index contributed by atoms with van der Waals surface area (Å²) in [5, 5.41) is 1.05. The molecule has 5 nitrogen and oxygen atoms in total. The summed E-state index contributed by atoms with van der Waals surface area (Å²) in [6, 6.07) is 9.90. The molecule has 0 bridgehead atoms. The molecule has 1 aromatic carbocycles. The molecule has 112 valence electrons. The summed E-state index contributed by atoms with van der Waals surface area (Å²) in [4.78, 5) is 6.66. The number of pyridine rings is 1. The highest BCUT2D eigenvalue weighted by atomic mass is 32.2. The van der Waals surface area contributed by atoms with Gasteiger partial charge in [0.25, 0.3) is 0 Å². The topological polar surface area (TPSA) is 76.3 Å². The summed E-state index contributed by atoms with van der Waals surface area (Å²) in [7, 11) is -1.01. The number of nitrogens with two attached hydrogens (primary N) is 1. The molecule has 1 fully saturated rings. The number of aromatic nitrogens is 1. The molecule has 1 aliphatic rings. The number of rotatable bonds is 3. The van der Waals surface area contributed by atoms with Crippen molar-refractivity contribution in [3.8, 4) is 0 Å². The molecule has 1 atom stereocenters. The van der Waals surface area contributed by atoms with Crippen LogP contribution in [0.3, 0.4) is 0 Å². The van der Waals surface area contributed by atoms with E-state index >= 15 is 0 Å². The van der Waals surface area contributed by atoms with Crippen molar-refractivity contribution in [3.63, 3.8) is 0 Å². The predicted octanol–water partition coefficient (Wildman–Crippen LogP) is 1.32.